The lowest BCUT2D eigenvalue weighted by Gasteiger charge is -2.35. The number of methoxy groups -OCH3 is 1. The Hall–Kier alpha value is -3.75. The Morgan fingerprint density at radius 3 is 2.70 bits per heavy atom. The zero-order chi connectivity index (χ0) is 21.3. The summed E-state index contributed by atoms with van der Waals surface area (Å²) >= 11 is 0. The van der Waals surface area contributed by atoms with Crippen molar-refractivity contribution in [3.8, 4) is 0 Å². The molecule has 1 aromatic heterocycles. The molecule has 0 saturated carbocycles. The number of hydrogen-bond donors (Lipinski definition) is 2. The number of ether oxygens (including phenoxy) is 1. The van der Waals surface area contributed by atoms with Crippen LogP contribution >= 0.6 is 0 Å². The van der Waals surface area contributed by atoms with E-state index in [1.54, 1.807) is 12.1 Å². The fourth-order valence-electron chi connectivity index (χ4n) is 3.54. The molecule has 2 amide bonds. The summed E-state index contributed by atoms with van der Waals surface area (Å²) < 4.78 is 33.1. The second-order valence-corrected chi connectivity index (χ2v) is 6.78. The van der Waals surface area contributed by atoms with Gasteiger partial charge in [0, 0.05) is 29.9 Å². The van der Waals surface area contributed by atoms with Crippen molar-refractivity contribution in [2.75, 3.05) is 19.0 Å². The summed E-state index contributed by atoms with van der Waals surface area (Å²) in [6.45, 7) is 0.280. The van der Waals surface area contributed by atoms with Gasteiger partial charge in [-0.25, -0.2) is 23.4 Å². The number of amides is 2. The standard InChI is InChI=1S/C21H18F2N4O3/c1-30-20(28)12-2-5-14(6-3-12)26-21(29)27-9-8-17-18(25-11-24-17)19(27)15-10-13(22)4-7-16(15)23/h2-7,10-11,19H,8-9H2,1H3,(H,24,25)(H,26,29)/t19-/m0/s1. The molecule has 2 heterocycles. The maximum atomic E-state index is 14.6. The van der Waals surface area contributed by atoms with Gasteiger partial charge in [0.15, 0.2) is 0 Å². The maximum absolute atomic E-state index is 14.6. The fraction of sp³-hybridized carbons (Fsp3) is 0.190. The number of urea groups is 1. The molecule has 1 atom stereocenters. The van der Waals surface area contributed by atoms with Crippen molar-refractivity contribution in [1.82, 2.24) is 14.9 Å². The van der Waals surface area contributed by atoms with Crippen LogP contribution in [0.4, 0.5) is 19.3 Å². The highest BCUT2D eigenvalue weighted by Gasteiger charge is 2.36. The third kappa shape index (κ3) is 3.61. The van der Waals surface area contributed by atoms with Gasteiger partial charge in [0.25, 0.3) is 0 Å². The topological polar surface area (TPSA) is 87.3 Å². The molecular formula is C21H18F2N4O3. The summed E-state index contributed by atoms with van der Waals surface area (Å²) in [5, 5.41) is 2.73. The van der Waals surface area contributed by atoms with Gasteiger partial charge < -0.3 is 19.9 Å². The number of rotatable bonds is 3. The van der Waals surface area contributed by atoms with Crippen LogP contribution in [-0.4, -0.2) is 40.5 Å². The maximum Gasteiger partial charge on any atom is 0.337 e. The highest BCUT2D eigenvalue weighted by atomic mass is 19.1. The van der Waals surface area contributed by atoms with Crippen LogP contribution < -0.4 is 5.32 Å². The minimum absolute atomic E-state index is 0.0271. The van der Waals surface area contributed by atoms with Crippen LogP contribution in [0.3, 0.4) is 0 Å². The molecule has 9 heteroatoms. The average Bonchev–Trinajstić information content (AvgIpc) is 3.23. The molecule has 0 fully saturated rings. The first kappa shape index (κ1) is 19.6. The van der Waals surface area contributed by atoms with Crippen LogP contribution in [0.25, 0.3) is 0 Å². The number of nitrogens with zero attached hydrogens (tertiary/aromatic N) is 2. The number of halogens is 2. The van der Waals surface area contributed by atoms with E-state index in [0.717, 1.165) is 23.9 Å². The molecule has 2 N–H and O–H groups in total. The first-order chi connectivity index (χ1) is 14.5. The van der Waals surface area contributed by atoms with Crippen LogP contribution in [-0.2, 0) is 11.2 Å². The van der Waals surface area contributed by atoms with E-state index in [1.807, 2.05) is 0 Å². The number of aromatic amines is 1. The monoisotopic (exact) mass is 412 g/mol. The Balaban J connectivity index is 1.64. The van der Waals surface area contributed by atoms with E-state index in [-0.39, 0.29) is 12.1 Å². The number of hydrogen-bond acceptors (Lipinski definition) is 4. The average molecular weight is 412 g/mol. The predicted octanol–water partition coefficient (Wildman–Crippen LogP) is 3.65. The molecule has 0 spiro atoms. The second-order valence-electron chi connectivity index (χ2n) is 6.78. The van der Waals surface area contributed by atoms with Gasteiger partial charge in [0.1, 0.15) is 17.7 Å². The van der Waals surface area contributed by atoms with Gasteiger partial charge in [-0.15, -0.1) is 0 Å². The van der Waals surface area contributed by atoms with Gasteiger partial charge in [0.2, 0.25) is 0 Å². The molecule has 2 aromatic carbocycles. The number of fused-ring (bicyclic) bond motifs is 1. The normalized spacial score (nSPS) is 15.4. The minimum atomic E-state index is -0.884. The predicted molar refractivity (Wildman–Crippen MR) is 104 cm³/mol. The molecule has 7 nitrogen and oxygen atoms in total. The van der Waals surface area contributed by atoms with Crippen molar-refractivity contribution in [3.63, 3.8) is 0 Å². The highest BCUT2D eigenvalue weighted by molar-refractivity contribution is 5.92. The van der Waals surface area contributed by atoms with E-state index in [9.17, 15) is 18.4 Å². The Labute approximate surface area is 170 Å². The zero-order valence-electron chi connectivity index (χ0n) is 16.0. The Morgan fingerprint density at radius 1 is 1.20 bits per heavy atom. The quantitative estimate of drug-likeness (QED) is 0.643. The summed E-state index contributed by atoms with van der Waals surface area (Å²) in [6, 6.07) is 7.93. The second kappa shape index (κ2) is 7.94. The van der Waals surface area contributed by atoms with E-state index in [2.05, 4.69) is 20.0 Å². The van der Waals surface area contributed by atoms with Crippen LogP contribution in [0.1, 0.15) is 33.4 Å². The number of aromatic nitrogens is 2. The van der Waals surface area contributed by atoms with E-state index < -0.39 is 29.7 Å². The largest absolute Gasteiger partial charge is 0.465 e. The van der Waals surface area contributed by atoms with Gasteiger partial charge >= 0.3 is 12.0 Å². The third-order valence-electron chi connectivity index (χ3n) is 5.00. The molecule has 0 radical (unpaired) electrons. The number of anilines is 1. The molecule has 1 aliphatic rings. The molecule has 30 heavy (non-hydrogen) atoms. The lowest BCUT2D eigenvalue weighted by atomic mass is 9.95. The van der Waals surface area contributed by atoms with Gasteiger partial charge in [-0.05, 0) is 42.5 Å². The Kier molecular flexibility index (Phi) is 5.18. The number of nitrogens with one attached hydrogen (secondary N) is 2. The van der Waals surface area contributed by atoms with Crippen molar-refractivity contribution < 1.29 is 23.1 Å². The summed E-state index contributed by atoms with van der Waals surface area (Å²) in [4.78, 5) is 33.2. The van der Waals surface area contributed by atoms with E-state index in [0.29, 0.717) is 23.4 Å². The molecule has 0 bridgehead atoms. The smallest absolute Gasteiger partial charge is 0.337 e. The number of carbonyl (C=O) groups excluding carboxylic acids is 2. The number of carbonyl (C=O) groups is 2. The SMILES string of the molecule is COC(=O)c1ccc(NC(=O)N2CCc3[nH]cnc3[C@@H]2c2cc(F)ccc2F)cc1. The first-order valence-electron chi connectivity index (χ1n) is 9.21. The number of benzene rings is 2. The third-order valence-corrected chi connectivity index (χ3v) is 5.00. The van der Waals surface area contributed by atoms with Gasteiger partial charge in [-0.2, -0.15) is 0 Å². The fourth-order valence-corrected chi connectivity index (χ4v) is 3.54. The Bertz CT molecular complexity index is 1100. The zero-order valence-corrected chi connectivity index (χ0v) is 16.0. The Morgan fingerprint density at radius 2 is 1.97 bits per heavy atom. The van der Waals surface area contributed by atoms with Crippen LogP contribution in [0.15, 0.2) is 48.8 Å². The molecule has 0 unspecified atom stereocenters. The van der Waals surface area contributed by atoms with Crippen molar-refractivity contribution in [1.29, 1.82) is 0 Å². The lowest BCUT2D eigenvalue weighted by Crippen LogP contribution is -2.43. The van der Waals surface area contributed by atoms with Crippen molar-refractivity contribution in [3.05, 3.63) is 82.9 Å². The molecule has 3 aromatic rings. The van der Waals surface area contributed by atoms with Gasteiger partial charge in [-0.3, -0.25) is 0 Å². The number of imidazole rings is 1. The first-order valence-corrected chi connectivity index (χ1v) is 9.21. The molecule has 0 aliphatic carbocycles. The van der Waals surface area contributed by atoms with Gasteiger partial charge in [-0.1, -0.05) is 0 Å². The number of esters is 1. The van der Waals surface area contributed by atoms with Crippen molar-refractivity contribution in [2.45, 2.75) is 12.5 Å². The van der Waals surface area contributed by atoms with E-state index in [1.165, 1.54) is 30.5 Å². The van der Waals surface area contributed by atoms with Crippen LogP contribution in [0.5, 0.6) is 0 Å². The van der Waals surface area contributed by atoms with E-state index in [4.69, 9.17) is 0 Å². The minimum Gasteiger partial charge on any atom is -0.465 e. The lowest BCUT2D eigenvalue weighted by molar-refractivity contribution is 0.0600. The number of H-pyrrole nitrogens is 1. The van der Waals surface area contributed by atoms with Gasteiger partial charge in [0.05, 0.1) is 24.7 Å². The van der Waals surface area contributed by atoms with Crippen molar-refractivity contribution in [2.24, 2.45) is 0 Å². The molecule has 1 aliphatic heterocycles. The molecule has 4 rings (SSSR count). The van der Waals surface area contributed by atoms with Crippen LogP contribution in [0, 0.1) is 11.6 Å². The van der Waals surface area contributed by atoms with Crippen LogP contribution in [0.2, 0.25) is 0 Å². The molecule has 154 valence electrons. The molecular weight excluding hydrogens is 394 g/mol. The summed E-state index contributed by atoms with van der Waals surface area (Å²) in [5.41, 5.74) is 2.06. The summed E-state index contributed by atoms with van der Waals surface area (Å²) in [7, 11) is 1.28. The van der Waals surface area contributed by atoms with Crippen molar-refractivity contribution >= 4 is 17.7 Å². The highest BCUT2D eigenvalue weighted by Crippen LogP contribution is 2.35. The van der Waals surface area contributed by atoms with E-state index >= 15 is 0 Å². The summed E-state index contributed by atoms with van der Waals surface area (Å²) in [6.07, 6.45) is 1.97. The molecule has 0 saturated heterocycles. The summed E-state index contributed by atoms with van der Waals surface area (Å²) in [5.74, 6) is -1.72.